The smallest absolute Gasteiger partial charge is 0.212 e. The third-order valence-electron chi connectivity index (χ3n) is 1.92. The van der Waals surface area contributed by atoms with Crippen molar-refractivity contribution in [1.29, 1.82) is 0 Å². The highest BCUT2D eigenvalue weighted by Crippen LogP contribution is 2.15. The molecule has 1 aromatic rings. The van der Waals surface area contributed by atoms with Gasteiger partial charge in [-0.25, -0.2) is 21.6 Å². The lowest BCUT2D eigenvalue weighted by Crippen LogP contribution is -2.01. The maximum Gasteiger partial charge on any atom is 0.232 e. The quantitative estimate of drug-likeness (QED) is 0.624. The molecule has 0 radical (unpaired) electrons. The summed E-state index contributed by atoms with van der Waals surface area (Å²) in [5.74, 6) is -3.67. The van der Waals surface area contributed by atoms with E-state index in [0.29, 0.717) is 12.1 Å². The first kappa shape index (κ1) is 13.3. The molecule has 0 saturated carbocycles. The van der Waals surface area contributed by atoms with E-state index in [4.69, 9.17) is 10.7 Å². The van der Waals surface area contributed by atoms with Gasteiger partial charge in [0, 0.05) is 16.7 Å². The van der Waals surface area contributed by atoms with E-state index >= 15 is 0 Å². The van der Waals surface area contributed by atoms with Gasteiger partial charge in [0.1, 0.15) is 5.82 Å². The van der Waals surface area contributed by atoms with Crippen molar-refractivity contribution in [3.63, 3.8) is 0 Å². The third-order valence-corrected chi connectivity index (χ3v) is 3.16. The van der Waals surface area contributed by atoms with Crippen LogP contribution in [0.3, 0.4) is 0 Å². The number of benzene rings is 1. The monoisotopic (exact) mass is 272 g/mol. The van der Waals surface area contributed by atoms with Gasteiger partial charge in [0.05, 0.1) is 5.75 Å². The van der Waals surface area contributed by atoms with Gasteiger partial charge in [-0.1, -0.05) is 0 Å². The summed E-state index contributed by atoms with van der Waals surface area (Å²) < 4.78 is 59.5. The van der Waals surface area contributed by atoms with Crippen molar-refractivity contribution >= 4 is 19.7 Å². The lowest BCUT2D eigenvalue weighted by Gasteiger charge is -2.03. The van der Waals surface area contributed by atoms with Gasteiger partial charge in [0.2, 0.25) is 9.05 Å². The Labute approximate surface area is 95.5 Å². The molecule has 0 heterocycles. The van der Waals surface area contributed by atoms with Gasteiger partial charge in [-0.15, -0.1) is 0 Å². The molecule has 0 spiro atoms. The van der Waals surface area contributed by atoms with Crippen molar-refractivity contribution in [1.82, 2.24) is 0 Å². The minimum atomic E-state index is -3.64. The molecule has 1 rings (SSSR count). The molecule has 0 fully saturated rings. The highest BCUT2D eigenvalue weighted by Gasteiger charge is 2.11. The van der Waals surface area contributed by atoms with Crippen molar-refractivity contribution in [2.75, 3.05) is 5.75 Å². The van der Waals surface area contributed by atoms with Crippen LogP contribution >= 0.6 is 10.7 Å². The molecule has 0 saturated heterocycles. The Morgan fingerprint density at radius 1 is 1.06 bits per heavy atom. The van der Waals surface area contributed by atoms with E-state index < -0.39 is 26.5 Å². The fourth-order valence-electron chi connectivity index (χ4n) is 1.19. The van der Waals surface area contributed by atoms with Gasteiger partial charge in [-0.2, -0.15) is 0 Å². The fourth-order valence-corrected chi connectivity index (χ4v) is 2.01. The van der Waals surface area contributed by atoms with Crippen molar-refractivity contribution in [3.8, 4) is 0 Å². The van der Waals surface area contributed by atoms with E-state index in [0.717, 1.165) is 0 Å². The van der Waals surface area contributed by atoms with Crippen LogP contribution in [0.5, 0.6) is 0 Å². The van der Waals surface area contributed by atoms with Crippen LogP contribution < -0.4 is 0 Å². The van der Waals surface area contributed by atoms with Crippen LogP contribution in [0.2, 0.25) is 0 Å². The molecule has 0 bridgehead atoms. The second kappa shape index (κ2) is 5.05. The standard InChI is InChI=1S/C9H8ClF3O2S/c10-16(14,15)3-1-2-6-4-8(12)9(13)5-7(6)11/h4-5H,1-3H2. The Hall–Kier alpha value is -0.750. The number of rotatable bonds is 4. The number of hydrogen-bond acceptors (Lipinski definition) is 2. The number of halogens is 4. The lowest BCUT2D eigenvalue weighted by atomic mass is 10.1. The topological polar surface area (TPSA) is 34.1 Å². The summed E-state index contributed by atoms with van der Waals surface area (Å²) in [6, 6.07) is 1.14. The largest absolute Gasteiger partial charge is 0.232 e. The molecule has 1 aromatic carbocycles. The molecule has 0 aliphatic rings. The molecule has 0 N–H and O–H groups in total. The van der Waals surface area contributed by atoms with Crippen LogP contribution in [-0.4, -0.2) is 14.2 Å². The molecule has 0 amide bonds. The van der Waals surface area contributed by atoms with E-state index in [1.807, 2.05) is 0 Å². The van der Waals surface area contributed by atoms with Gasteiger partial charge in [0.25, 0.3) is 0 Å². The van der Waals surface area contributed by atoms with E-state index in [1.54, 1.807) is 0 Å². The number of aryl methyl sites for hydroxylation is 1. The lowest BCUT2D eigenvalue weighted by molar-refractivity contribution is 0.489. The SMILES string of the molecule is O=S(=O)(Cl)CCCc1cc(F)c(F)cc1F. The number of hydrogen-bond donors (Lipinski definition) is 0. The molecular formula is C9H8ClF3O2S. The molecule has 0 aromatic heterocycles. The van der Waals surface area contributed by atoms with Crippen molar-refractivity contribution < 1.29 is 21.6 Å². The predicted octanol–water partition coefficient (Wildman–Crippen LogP) is 2.61. The Kier molecular flexibility index (Phi) is 4.21. The maximum absolute atomic E-state index is 13.1. The second-order valence-electron chi connectivity index (χ2n) is 3.20. The van der Waals surface area contributed by atoms with Crippen LogP contribution in [-0.2, 0) is 15.5 Å². The summed E-state index contributed by atoms with van der Waals surface area (Å²) >= 11 is 0. The molecule has 0 unspecified atom stereocenters. The summed E-state index contributed by atoms with van der Waals surface area (Å²) in [4.78, 5) is 0. The highest BCUT2D eigenvalue weighted by molar-refractivity contribution is 8.13. The minimum Gasteiger partial charge on any atom is -0.212 e. The summed E-state index contributed by atoms with van der Waals surface area (Å²) in [7, 11) is 1.30. The summed E-state index contributed by atoms with van der Waals surface area (Å²) in [6.45, 7) is 0. The average Bonchev–Trinajstić information content (AvgIpc) is 2.11. The first-order valence-electron chi connectivity index (χ1n) is 4.35. The Morgan fingerprint density at radius 3 is 2.19 bits per heavy atom. The summed E-state index contributed by atoms with van der Waals surface area (Å²) in [5, 5.41) is 0. The molecule has 0 aliphatic heterocycles. The van der Waals surface area contributed by atoms with Crippen LogP contribution in [0.4, 0.5) is 13.2 Å². The van der Waals surface area contributed by atoms with Crippen LogP contribution in [0, 0.1) is 17.5 Å². The van der Waals surface area contributed by atoms with Gasteiger partial charge in [-0.3, -0.25) is 0 Å². The second-order valence-corrected chi connectivity index (χ2v) is 6.10. The van der Waals surface area contributed by atoms with Gasteiger partial charge in [0.15, 0.2) is 11.6 Å². The van der Waals surface area contributed by atoms with Crippen molar-refractivity contribution in [2.24, 2.45) is 0 Å². The minimum absolute atomic E-state index is 0.0189. The maximum atomic E-state index is 13.1. The zero-order valence-electron chi connectivity index (χ0n) is 8.01. The normalized spacial score (nSPS) is 11.8. The summed E-state index contributed by atoms with van der Waals surface area (Å²) in [6.07, 6.45) is 0.0306. The van der Waals surface area contributed by atoms with E-state index in [9.17, 15) is 21.6 Å². The van der Waals surface area contributed by atoms with Gasteiger partial charge in [-0.05, 0) is 24.5 Å². The molecule has 2 nitrogen and oxygen atoms in total. The Morgan fingerprint density at radius 2 is 1.62 bits per heavy atom. The fraction of sp³-hybridized carbons (Fsp3) is 0.333. The van der Waals surface area contributed by atoms with Crippen molar-refractivity contribution in [3.05, 3.63) is 35.1 Å². The molecule has 0 atom stereocenters. The third kappa shape index (κ3) is 4.02. The Bertz CT molecular complexity index is 488. The first-order valence-corrected chi connectivity index (χ1v) is 6.83. The van der Waals surface area contributed by atoms with E-state index in [1.165, 1.54) is 0 Å². The highest BCUT2D eigenvalue weighted by atomic mass is 35.7. The van der Waals surface area contributed by atoms with E-state index in [-0.39, 0.29) is 24.2 Å². The predicted molar refractivity (Wildman–Crippen MR) is 54.3 cm³/mol. The summed E-state index contributed by atoms with van der Waals surface area (Å²) in [5.41, 5.74) is -0.0702. The zero-order valence-corrected chi connectivity index (χ0v) is 9.59. The van der Waals surface area contributed by atoms with Crippen LogP contribution in [0.15, 0.2) is 12.1 Å². The molecular weight excluding hydrogens is 265 g/mol. The first-order chi connectivity index (χ1) is 7.29. The average molecular weight is 273 g/mol. The van der Waals surface area contributed by atoms with Crippen LogP contribution in [0.1, 0.15) is 12.0 Å². The van der Waals surface area contributed by atoms with Gasteiger partial charge >= 0.3 is 0 Å². The van der Waals surface area contributed by atoms with Crippen LogP contribution in [0.25, 0.3) is 0 Å². The molecule has 16 heavy (non-hydrogen) atoms. The molecule has 7 heteroatoms. The zero-order chi connectivity index (χ0) is 12.3. The molecule has 0 aliphatic carbocycles. The Balaban J connectivity index is 2.71. The van der Waals surface area contributed by atoms with Gasteiger partial charge < -0.3 is 0 Å². The van der Waals surface area contributed by atoms with Crippen molar-refractivity contribution in [2.45, 2.75) is 12.8 Å². The van der Waals surface area contributed by atoms with E-state index in [2.05, 4.69) is 0 Å². The molecule has 90 valence electrons.